The van der Waals surface area contributed by atoms with Gasteiger partial charge in [-0.05, 0) is 63.1 Å². The quantitative estimate of drug-likeness (QED) is 0.345. The molecule has 0 aromatic heterocycles. The molecule has 2 amide bonds. The Morgan fingerprint density at radius 1 is 0.914 bits per heavy atom. The Balaban J connectivity index is 1.91. The molecule has 0 spiro atoms. The summed E-state index contributed by atoms with van der Waals surface area (Å²) in [5, 5.41) is 3.75. The van der Waals surface area contributed by atoms with Crippen molar-refractivity contribution in [2.75, 3.05) is 5.75 Å². The molecule has 0 heterocycles. The molecule has 3 aromatic carbocycles. The van der Waals surface area contributed by atoms with Crippen LogP contribution in [-0.4, -0.2) is 34.0 Å². The van der Waals surface area contributed by atoms with Crippen molar-refractivity contribution in [3.05, 3.63) is 101 Å². The van der Waals surface area contributed by atoms with Crippen molar-refractivity contribution < 1.29 is 9.59 Å². The second kappa shape index (κ2) is 12.3. The van der Waals surface area contributed by atoms with Crippen molar-refractivity contribution in [3.8, 4) is 0 Å². The van der Waals surface area contributed by atoms with Crippen LogP contribution in [0.4, 0.5) is 0 Å². The van der Waals surface area contributed by atoms with E-state index in [1.165, 1.54) is 11.8 Å². The van der Waals surface area contributed by atoms with Gasteiger partial charge in [-0.2, -0.15) is 0 Å². The second-order valence-corrected chi connectivity index (χ2v) is 11.2. The Hall–Kier alpha value is -2.76. The van der Waals surface area contributed by atoms with E-state index in [1.54, 1.807) is 4.90 Å². The molecule has 3 aromatic rings. The number of nitrogens with one attached hydrogen (secondary N) is 1. The van der Waals surface area contributed by atoms with E-state index in [9.17, 15) is 9.59 Å². The third kappa shape index (κ3) is 8.75. The van der Waals surface area contributed by atoms with Gasteiger partial charge in [0.05, 0.1) is 5.75 Å². The minimum absolute atomic E-state index is 0.0875. The van der Waals surface area contributed by atoms with E-state index in [-0.39, 0.29) is 17.6 Å². The summed E-state index contributed by atoms with van der Waals surface area (Å²) >= 11 is 7.45. The van der Waals surface area contributed by atoms with Crippen LogP contribution >= 0.6 is 23.4 Å². The topological polar surface area (TPSA) is 49.4 Å². The molecule has 0 aliphatic heterocycles. The van der Waals surface area contributed by atoms with Gasteiger partial charge in [-0.15, -0.1) is 11.8 Å². The predicted molar refractivity (Wildman–Crippen MR) is 146 cm³/mol. The smallest absolute Gasteiger partial charge is 0.243 e. The highest BCUT2D eigenvalue weighted by Gasteiger charge is 2.32. The van der Waals surface area contributed by atoms with E-state index in [4.69, 9.17) is 11.6 Å². The third-order valence-corrected chi connectivity index (χ3v) is 6.67. The van der Waals surface area contributed by atoms with Gasteiger partial charge in [0, 0.05) is 28.4 Å². The summed E-state index contributed by atoms with van der Waals surface area (Å²) in [5.41, 5.74) is 2.73. The molecule has 6 heteroatoms. The molecule has 0 radical (unpaired) electrons. The number of benzene rings is 3. The molecule has 1 N–H and O–H groups in total. The molecule has 0 saturated carbocycles. The summed E-state index contributed by atoms with van der Waals surface area (Å²) in [6.45, 7) is 8.24. The van der Waals surface area contributed by atoms with E-state index >= 15 is 0 Å². The molecule has 0 bridgehead atoms. The fourth-order valence-corrected chi connectivity index (χ4v) is 4.57. The monoisotopic (exact) mass is 508 g/mol. The summed E-state index contributed by atoms with van der Waals surface area (Å²) in [4.78, 5) is 29.9. The van der Waals surface area contributed by atoms with Gasteiger partial charge in [0.2, 0.25) is 11.8 Å². The summed E-state index contributed by atoms with van der Waals surface area (Å²) < 4.78 is 0. The van der Waals surface area contributed by atoms with Crippen LogP contribution in [-0.2, 0) is 22.6 Å². The number of hydrogen-bond donors (Lipinski definition) is 1. The van der Waals surface area contributed by atoms with E-state index in [0.29, 0.717) is 18.0 Å². The molecule has 0 aliphatic carbocycles. The van der Waals surface area contributed by atoms with Crippen LogP contribution < -0.4 is 5.32 Å². The largest absolute Gasteiger partial charge is 0.350 e. The first-order chi connectivity index (χ1) is 16.6. The molecule has 0 fully saturated rings. The van der Waals surface area contributed by atoms with Crippen LogP contribution in [0.25, 0.3) is 0 Å². The van der Waals surface area contributed by atoms with Crippen molar-refractivity contribution in [3.63, 3.8) is 0 Å². The van der Waals surface area contributed by atoms with Gasteiger partial charge < -0.3 is 10.2 Å². The first-order valence-electron chi connectivity index (χ1n) is 11.7. The number of hydrogen-bond acceptors (Lipinski definition) is 3. The zero-order valence-electron chi connectivity index (χ0n) is 20.8. The lowest BCUT2D eigenvalue weighted by molar-refractivity contribution is -0.140. The van der Waals surface area contributed by atoms with Crippen LogP contribution in [0.15, 0.2) is 83.8 Å². The molecule has 184 valence electrons. The van der Waals surface area contributed by atoms with Crippen LogP contribution in [0.2, 0.25) is 5.02 Å². The van der Waals surface area contributed by atoms with Gasteiger partial charge in [0.25, 0.3) is 0 Å². The molecule has 35 heavy (non-hydrogen) atoms. The van der Waals surface area contributed by atoms with Gasteiger partial charge in [-0.3, -0.25) is 9.59 Å². The lowest BCUT2D eigenvalue weighted by atomic mass is 10.0. The number of amides is 2. The number of nitrogens with zero attached hydrogens (tertiary/aromatic N) is 1. The number of rotatable bonds is 9. The molecule has 0 saturated heterocycles. The Labute approximate surface area is 218 Å². The summed E-state index contributed by atoms with van der Waals surface area (Å²) in [6.07, 6.45) is 0.436. The van der Waals surface area contributed by atoms with Gasteiger partial charge >= 0.3 is 0 Å². The van der Waals surface area contributed by atoms with E-state index in [0.717, 1.165) is 21.6 Å². The molecular formula is C29H33ClN2O2S. The van der Waals surface area contributed by atoms with Crippen molar-refractivity contribution in [1.82, 2.24) is 10.2 Å². The minimum atomic E-state index is -0.642. The van der Waals surface area contributed by atoms with Crippen molar-refractivity contribution in [1.29, 1.82) is 0 Å². The maximum Gasteiger partial charge on any atom is 0.243 e. The summed E-state index contributed by atoms with van der Waals surface area (Å²) in [7, 11) is 0. The van der Waals surface area contributed by atoms with E-state index in [1.807, 2.05) is 107 Å². The molecular weight excluding hydrogens is 476 g/mol. The van der Waals surface area contributed by atoms with Gasteiger partial charge in [0.15, 0.2) is 0 Å². The molecule has 1 atom stereocenters. The Morgan fingerprint density at radius 3 is 2.14 bits per heavy atom. The number of aryl methyl sites for hydroxylation is 1. The Morgan fingerprint density at radius 2 is 1.54 bits per heavy atom. The fourth-order valence-electron chi connectivity index (χ4n) is 3.66. The maximum absolute atomic E-state index is 13.7. The first kappa shape index (κ1) is 26.8. The molecule has 4 nitrogen and oxygen atoms in total. The van der Waals surface area contributed by atoms with Crippen LogP contribution in [0.3, 0.4) is 0 Å². The lowest BCUT2D eigenvalue weighted by Crippen LogP contribution is -2.54. The normalized spacial score (nSPS) is 12.1. The highest BCUT2D eigenvalue weighted by atomic mass is 35.5. The standard InChI is InChI=1S/C29H33ClN2O2S/c1-21-10-12-23(13-11-21)19-32(27(33)20-35-25-16-14-24(30)15-17-25)26(28(34)31-29(2,3)4)18-22-8-6-5-7-9-22/h5-17,26H,18-20H2,1-4H3,(H,31,34)/t26-/m0/s1. The highest BCUT2D eigenvalue weighted by molar-refractivity contribution is 8.00. The number of carbonyl (C=O) groups excluding carboxylic acids is 2. The van der Waals surface area contributed by atoms with Crippen LogP contribution in [0.1, 0.15) is 37.5 Å². The first-order valence-corrected chi connectivity index (χ1v) is 13.1. The van der Waals surface area contributed by atoms with E-state index in [2.05, 4.69) is 5.32 Å². The number of halogens is 1. The second-order valence-electron chi connectivity index (χ2n) is 9.69. The zero-order chi connectivity index (χ0) is 25.4. The average Bonchev–Trinajstić information content (AvgIpc) is 2.81. The lowest BCUT2D eigenvalue weighted by Gasteiger charge is -2.34. The minimum Gasteiger partial charge on any atom is -0.350 e. The van der Waals surface area contributed by atoms with E-state index < -0.39 is 11.6 Å². The molecule has 0 aliphatic rings. The predicted octanol–water partition coefficient (Wildman–Crippen LogP) is 6.30. The highest BCUT2D eigenvalue weighted by Crippen LogP contribution is 2.23. The zero-order valence-corrected chi connectivity index (χ0v) is 22.3. The molecule has 0 unspecified atom stereocenters. The van der Waals surface area contributed by atoms with Gasteiger partial charge in [0.1, 0.15) is 6.04 Å². The summed E-state index contributed by atoms with van der Waals surface area (Å²) in [6, 6.07) is 24.7. The van der Waals surface area contributed by atoms with Crippen LogP contribution in [0, 0.1) is 6.92 Å². The third-order valence-electron chi connectivity index (χ3n) is 5.42. The number of thioether (sulfide) groups is 1. The summed E-state index contributed by atoms with van der Waals surface area (Å²) in [5.74, 6) is -0.0180. The molecule has 3 rings (SSSR count). The van der Waals surface area contributed by atoms with Gasteiger partial charge in [-0.25, -0.2) is 0 Å². The number of carbonyl (C=O) groups is 2. The average molecular weight is 509 g/mol. The van der Waals surface area contributed by atoms with Crippen molar-refractivity contribution in [2.45, 2.75) is 57.1 Å². The SMILES string of the molecule is Cc1ccc(CN(C(=O)CSc2ccc(Cl)cc2)[C@@H](Cc2ccccc2)C(=O)NC(C)(C)C)cc1. The maximum atomic E-state index is 13.7. The van der Waals surface area contributed by atoms with Gasteiger partial charge in [-0.1, -0.05) is 71.8 Å². The Kier molecular flexibility index (Phi) is 9.41. The van der Waals surface area contributed by atoms with Crippen molar-refractivity contribution in [2.24, 2.45) is 0 Å². The fraction of sp³-hybridized carbons (Fsp3) is 0.310. The van der Waals surface area contributed by atoms with Crippen LogP contribution in [0.5, 0.6) is 0 Å². The Bertz CT molecular complexity index is 1110. The van der Waals surface area contributed by atoms with Crippen molar-refractivity contribution >= 4 is 35.2 Å².